The summed E-state index contributed by atoms with van der Waals surface area (Å²) in [6, 6.07) is 13.4. The lowest BCUT2D eigenvalue weighted by Crippen LogP contribution is -2.25. The first kappa shape index (κ1) is 13.2. The second kappa shape index (κ2) is 6.66. The minimum atomic E-state index is -0.779. The number of hydrogen-bond acceptors (Lipinski definition) is 4. The van der Waals surface area contributed by atoms with Gasteiger partial charge in [-0.1, -0.05) is 36.4 Å². The van der Waals surface area contributed by atoms with E-state index in [1.54, 1.807) is 0 Å². The Balaban J connectivity index is 1.93. The van der Waals surface area contributed by atoms with Gasteiger partial charge in [0.25, 0.3) is 0 Å². The molecular formula is C14H16O3S. The molecule has 0 spiro atoms. The fraction of sp³-hybridized carbons (Fsp3) is 0.286. The first-order valence-corrected chi connectivity index (χ1v) is 6.67. The van der Waals surface area contributed by atoms with E-state index in [-0.39, 0.29) is 6.61 Å². The van der Waals surface area contributed by atoms with Gasteiger partial charge < -0.3 is 14.9 Å². The molecule has 0 bridgehead atoms. The van der Waals surface area contributed by atoms with E-state index in [2.05, 4.69) is 0 Å². The molecule has 2 aromatic rings. The number of ether oxygens (including phenoxy) is 1. The van der Waals surface area contributed by atoms with E-state index < -0.39 is 12.2 Å². The molecule has 2 N–H and O–H groups in total. The smallest absolute Gasteiger partial charge is 0.117 e. The van der Waals surface area contributed by atoms with Crippen LogP contribution in [0.15, 0.2) is 47.8 Å². The van der Waals surface area contributed by atoms with Crippen molar-refractivity contribution in [3.8, 4) is 0 Å². The number of aliphatic hydroxyl groups is 2. The summed E-state index contributed by atoms with van der Waals surface area (Å²) in [4.78, 5) is 0.808. The van der Waals surface area contributed by atoms with Crippen LogP contribution < -0.4 is 0 Å². The lowest BCUT2D eigenvalue weighted by molar-refractivity contribution is -0.0711. The first-order chi connectivity index (χ1) is 8.81. The van der Waals surface area contributed by atoms with Crippen molar-refractivity contribution >= 4 is 11.3 Å². The van der Waals surface area contributed by atoms with E-state index in [9.17, 15) is 10.2 Å². The third kappa shape index (κ3) is 3.40. The lowest BCUT2D eigenvalue weighted by atomic mass is 10.1. The topological polar surface area (TPSA) is 49.7 Å². The largest absolute Gasteiger partial charge is 0.394 e. The van der Waals surface area contributed by atoms with Crippen LogP contribution in [0.25, 0.3) is 0 Å². The van der Waals surface area contributed by atoms with Crippen molar-refractivity contribution in [1.82, 2.24) is 0 Å². The standard InChI is InChI=1S/C14H16O3S/c15-9-12(14(16)13-7-4-8-18-13)17-10-11-5-2-1-3-6-11/h1-8,12,14-16H,9-10H2. The van der Waals surface area contributed by atoms with Crippen molar-refractivity contribution in [3.05, 3.63) is 58.3 Å². The van der Waals surface area contributed by atoms with Gasteiger partial charge in [0.15, 0.2) is 0 Å². The molecule has 4 heteroatoms. The van der Waals surface area contributed by atoms with E-state index >= 15 is 0 Å². The van der Waals surface area contributed by atoms with Crippen LogP contribution in [0.3, 0.4) is 0 Å². The van der Waals surface area contributed by atoms with Crippen molar-refractivity contribution in [2.45, 2.75) is 18.8 Å². The molecule has 1 aromatic carbocycles. The van der Waals surface area contributed by atoms with Crippen LogP contribution in [0.1, 0.15) is 16.5 Å². The zero-order valence-electron chi connectivity index (χ0n) is 9.90. The average molecular weight is 264 g/mol. The Hall–Kier alpha value is -1.20. The molecule has 0 fully saturated rings. The molecule has 1 heterocycles. The fourth-order valence-electron chi connectivity index (χ4n) is 1.66. The van der Waals surface area contributed by atoms with E-state index in [1.165, 1.54) is 11.3 Å². The molecule has 18 heavy (non-hydrogen) atoms. The van der Waals surface area contributed by atoms with Crippen LogP contribution in [0.5, 0.6) is 0 Å². The van der Waals surface area contributed by atoms with Crippen molar-refractivity contribution in [2.75, 3.05) is 6.61 Å². The molecule has 3 nitrogen and oxygen atoms in total. The maximum Gasteiger partial charge on any atom is 0.117 e. The summed E-state index contributed by atoms with van der Waals surface area (Å²) < 4.78 is 5.57. The number of benzene rings is 1. The van der Waals surface area contributed by atoms with E-state index in [4.69, 9.17) is 4.74 Å². The minimum absolute atomic E-state index is 0.202. The van der Waals surface area contributed by atoms with Gasteiger partial charge in [0.1, 0.15) is 12.2 Å². The van der Waals surface area contributed by atoms with E-state index in [1.807, 2.05) is 47.8 Å². The predicted molar refractivity (Wildman–Crippen MR) is 71.4 cm³/mol. The number of hydrogen-bond donors (Lipinski definition) is 2. The van der Waals surface area contributed by atoms with Crippen molar-refractivity contribution < 1.29 is 14.9 Å². The van der Waals surface area contributed by atoms with Crippen molar-refractivity contribution in [1.29, 1.82) is 0 Å². The van der Waals surface area contributed by atoms with Gasteiger partial charge in [-0.3, -0.25) is 0 Å². The highest BCUT2D eigenvalue weighted by Crippen LogP contribution is 2.24. The molecule has 1 aromatic heterocycles. The monoisotopic (exact) mass is 264 g/mol. The Labute approximate surface area is 110 Å². The number of rotatable bonds is 6. The third-order valence-electron chi connectivity index (χ3n) is 2.67. The summed E-state index contributed by atoms with van der Waals surface area (Å²) in [6.07, 6.45) is -1.37. The Kier molecular flexibility index (Phi) is 4.90. The molecule has 96 valence electrons. The highest BCUT2D eigenvalue weighted by atomic mass is 32.1. The van der Waals surface area contributed by atoms with Gasteiger partial charge in [0.05, 0.1) is 13.2 Å². The number of thiophene rings is 1. The highest BCUT2D eigenvalue weighted by molar-refractivity contribution is 7.10. The molecule has 0 aliphatic carbocycles. The molecule has 0 radical (unpaired) electrons. The summed E-state index contributed by atoms with van der Waals surface area (Å²) in [6.45, 7) is 0.181. The predicted octanol–water partition coefficient (Wildman–Crippen LogP) is 2.36. The minimum Gasteiger partial charge on any atom is -0.394 e. The van der Waals surface area contributed by atoms with Crippen LogP contribution in [-0.4, -0.2) is 22.9 Å². The molecule has 0 aliphatic rings. The van der Waals surface area contributed by atoms with Crippen LogP contribution in [-0.2, 0) is 11.3 Å². The Morgan fingerprint density at radius 1 is 1.11 bits per heavy atom. The highest BCUT2D eigenvalue weighted by Gasteiger charge is 2.21. The second-order valence-electron chi connectivity index (χ2n) is 3.98. The Bertz CT molecular complexity index is 441. The quantitative estimate of drug-likeness (QED) is 0.842. The summed E-state index contributed by atoms with van der Waals surface area (Å²) in [5.74, 6) is 0. The SMILES string of the molecule is OCC(OCc1ccccc1)C(O)c1cccs1. The van der Waals surface area contributed by atoms with Gasteiger partial charge >= 0.3 is 0 Å². The van der Waals surface area contributed by atoms with Gasteiger partial charge in [0.2, 0.25) is 0 Å². The maximum atomic E-state index is 10.1. The number of aliphatic hydroxyl groups excluding tert-OH is 2. The Morgan fingerprint density at radius 2 is 1.89 bits per heavy atom. The Morgan fingerprint density at radius 3 is 2.50 bits per heavy atom. The zero-order chi connectivity index (χ0) is 12.8. The van der Waals surface area contributed by atoms with E-state index in [0.717, 1.165) is 10.4 Å². The van der Waals surface area contributed by atoms with Gasteiger partial charge in [-0.15, -0.1) is 11.3 Å². The maximum absolute atomic E-state index is 10.1. The van der Waals surface area contributed by atoms with Crippen LogP contribution in [0.2, 0.25) is 0 Å². The van der Waals surface area contributed by atoms with Gasteiger partial charge in [-0.05, 0) is 17.0 Å². The van der Waals surface area contributed by atoms with Crippen molar-refractivity contribution in [3.63, 3.8) is 0 Å². The zero-order valence-corrected chi connectivity index (χ0v) is 10.7. The second-order valence-corrected chi connectivity index (χ2v) is 4.96. The third-order valence-corrected chi connectivity index (χ3v) is 3.62. The first-order valence-electron chi connectivity index (χ1n) is 5.79. The van der Waals surface area contributed by atoms with Crippen LogP contribution in [0, 0.1) is 0 Å². The molecular weight excluding hydrogens is 248 g/mol. The fourth-order valence-corrected chi connectivity index (χ4v) is 2.43. The molecule has 2 rings (SSSR count). The summed E-state index contributed by atoms with van der Waals surface area (Å²) in [7, 11) is 0. The molecule has 0 amide bonds. The van der Waals surface area contributed by atoms with Crippen molar-refractivity contribution in [2.24, 2.45) is 0 Å². The average Bonchev–Trinajstić information content (AvgIpc) is 2.94. The lowest BCUT2D eigenvalue weighted by Gasteiger charge is -2.20. The van der Waals surface area contributed by atoms with E-state index in [0.29, 0.717) is 6.61 Å². The molecule has 2 unspecified atom stereocenters. The molecule has 2 atom stereocenters. The molecule has 0 saturated heterocycles. The molecule has 0 saturated carbocycles. The van der Waals surface area contributed by atoms with Crippen LogP contribution >= 0.6 is 11.3 Å². The normalized spacial score (nSPS) is 14.3. The van der Waals surface area contributed by atoms with Gasteiger partial charge in [-0.2, -0.15) is 0 Å². The summed E-state index contributed by atoms with van der Waals surface area (Å²) in [5.41, 5.74) is 1.02. The van der Waals surface area contributed by atoms with Gasteiger partial charge in [-0.25, -0.2) is 0 Å². The van der Waals surface area contributed by atoms with Gasteiger partial charge in [0, 0.05) is 4.88 Å². The summed E-state index contributed by atoms with van der Waals surface area (Å²) >= 11 is 1.46. The molecule has 0 aliphatic heterocycles. The summed E-state index contributed by atoms with van der Waals surface area (Å²) in [5, 5.41) is 21.3. The van der Waals surface area contributed by atoms with Crippen LogP contribution in [0.4, 0.5) is 0 Å².